The van der Waals surface area contributed by atoms with Gasteiger partial charge in [0.2, 0.25) is 5.91 Å². The van der Waals surface area contributed by atoms with Crippen molar-refractivity contribution in [2.75, 3.05) is 30.4 Å². The Morgan fingerprint density at radius 1 is 0.947 bits per heavy atom. The van der Waals surface area contributed by atoms with Gasteiger partial charge >= 0.3 is 12.4 Å². The van der Waals surface area contributed by atoms with Crippen molar-refractivity contribution in [3.63, 3.8) is 0 Å². The number of anilines is 2. The highest BCUT2D eigenvalue weighted by Gasteiger charge is 2.31. The highest BCUT2D eigenvalue weighted by atomic mass is 19.4. The molecule has 7 nitrogen and oxygen atoms in total. The summed E-state index contributed by atoms with van der Waals surface area (Å²) in [6, 6.07) is 18.0. The number of nitrogens with zero attached hydrogens (tertiary/aromatic N) is 2. The number of carbonyl (C=O) groups is 2. The lowest BCUT2D eigenvalue weighted by Gasteiger charge is -2.36. The third-order valence-electron chi connectivity index (χ3n) is 6.08. The van der Waals surface area contributed by atoms with Crippen LogP contribution in [0.25, 0.3) is 0 Å². The van der Waals surface area contributed by atoms with Crippen molar-refractivity contribution < 1.29 is 32.2 Å². The maximum atomic E-state index is 13.4. The summed E-state index contributed by atoms with van der Waals surface area (Å²) in [5.41, 5.74) is 3.54. The molecule has 0 atom stereocenters. The number of hydrogen-bond donors (Lipinski definition) is 1. The number of rotatable bonds is 8. The van der Waals surface area contributed by atoms with Crippen LogP contribution in [0.2, 0.25) is 0 Å². The maximum Gasteiger partial charge on any atom is 0.573 e. The fourth-order valence-electron chi connectivity index (χ4n) is 4.28. The number of amides is 3. The van der Waals surface area contributed by atoms with Crippen LogP contribution in [-0.4, -0.2) is 43.4 Å². The number of methoxy groups -OCH3 is 1. The zero-order valence-electron chi connectivity index (χ0n) is 21.0. The summed E-state index contributed by atoms with van der Waals surface area (Å²) in [5, 5.41) is 2.95. The minimum Gasteiger partial charge on any atom is -0.497 e. The molecule has 4 rings (SSSR count). The summed E-state index contributed by atoms with van der Waals surface area (Å²) in [6.45, 7) is 3.10. The van der Waals surface area contributed by atoms with E-state index in [-0.39, 0.29) is 30.7 Å². The standard InChI is InChI=1S/C28H28F3N3O4/c1-19-4-13-25(24(16-19)32-26(35)17-20-5-9-22(37-2)10-6-20)34-15-3-14-33(27(34)36)18-21-7-11-23(12-8-21)38-28(29,30)31/h4-13,16H,3,14-15,17-18H2,1-2H3,(H,32,35). The van der Waals surface area contributed by atoms with Crippen LogP contribution in [0.3, 0.4) is 0 Å². The molecule has 3 aromatic carbocycles. The topological polar surface area (TPSA) is 71.1 Å². The van der Waals surface area contributed by atoms with Gasteiger partial charge in [0.25, 0.3) is 0 Å². The molecule has 0 unspecified atom stereocenters. The van der Waals surface area contributed by atoms with Crippen LogP contribution in [0.15, 0.2) is 66.7 Å². The van der Waals surface area contributed by atoms with E-state index < -0.39 is 6.36 Å². The van der Waals surface area contributed by atoms with Crippen molar-refractivity contribution in [1.29, 1.82) is 0 Å². The Bertz CT molecular complexity index is 1280. The van der Waals surface area contributed by atoms with Gasteiger partial charge in [0.15, 0.2) is 0 Å². The summed E-state index contributed by atoms with van der Waals surface area (Å²) < 4.78 is 46.4. The lowest BCUT2D eigenvalue weighted by molar-refractivity contribution is -0.274. The zero-order valence-corrected chi connectivity index (χ0v) is 21.0. The summed E-state index contributed by atoms with van der Waals surface area (Å²) in [7, 11) is 1.58. The summed E-state index contributed by atoms with van der Waals surface area (Å²) in [5.74, 6) is 0.168. The molecule has 38 heavy (non-hydrogen) atoms. The monoisotopic (exact) mass is 527 g/mol. The molecule has 1 aliphatic heterocycles. The predicted molar refractivity (Wildman–Crippen MR) is 137 cm³/mol. The van der Waals surface area contributed by atoms with Crippen LogP contribution in [-0.2, 0) is 17.8 Å². The summed E-state index contributed by atoms with van der Waals surface area (Å²) in [4.78, 5) is 29.5. The second-order valence-corrected chi connectivity index (χ2v) is 8.99. The average Bonchev–Trinajstić information content (AvgIpc) is 2.86. The van der Waals surface area contributed by atoms with E-state index in [2.05, 4.69) is 10.1 Å². The Labute approximate surface area is 218 Å². The van der Waals surface area contributed by atoms with E-state index in [1.807, 2.05) is 37.3 Å². The van der Waals surface area contributed by atoms with Crippen LogP contribution in [0.1, 0.15) is 23.1 Å². The van der Waals surface area contributed by atoms with Crippen molar-refractivity contribution in [2.45, 2.75) is 32.7 Å². The zero-order chi connectivity index (χ0) is 27.3. The fourth-order valence-corrected chi connectivity index (χ4v) is 4.28. The molecular weight excluding hydrogens is 499 g/mol. The Kier molecular flexibility index (Phi) is 8.09. The van der Waals surface area contributed by atoms with Gasteiger partial charge in [-0.2, -0.15) is 0 Å². The number of alkyl halides is 3. The SMILES string of the molecule is COc1ccc(CC(=O)Nc2cc(C)ccc2N2CCCN(Cc3ccc(OC(F)(F)F)cc3)C2=O)cc1. The molecule has 0 radical (unpaired) electrons. The second kappa shape index (κ2) is 11.5. The first kappa shape index (κ1) is 26.8. The summed E-state index contributed by atoms with van der Waals surface area (Å²) in [6.07, 6.45) is -3.92. The van der Waals surface area contributed by atoms with Gasteiger partial charge in [0, 0.05) is 19.6 Å². The second-order valence-electron chi connectivity index (χ2n) is 8.99. The van der Waals surface area contributed by atoms with Gasteiger partial charge in [-0.1, -0.05) is 30.3 Å². The number of carbonyl (C=O) groups excluding carboxylic acids is 2. The molecule has 0 bridgehead atoms. The van der Waals surface area contributed by atoms with Gasteiger partial charge < -0.3 is 19.7 Å². The predicted octanol–water partition coefficient (Wildman–Crippen LogP) is 5.92. The summed E-state index contributed by atoms with van der Waals surface area (Å²) >= 11 is 0. The number of urea groups is 1. The first-order valence-electron chi connectivity index (χ1n) is 12.1. The van der Waals surface area contributed by atoms with Crippen LogP contribution in [0.4, 0.5) is 29.3 Å². The molecule has 1 heterocycles. The minimum absolute atomic E-state index is 0.158. The molecule has 3 amide bonds. The molecule has 1 aliphatic rings. The number of benzene rings is 3. The van der Waals surface area contributed by atoms with Crippen LogP contribution in [0.5, 0.6) is 11.5 Å². The fraction of sp³-hybridized carbons (Fsp3) is 0.286. The molecule has 200 valence electrons. The third kappa shape index (κ3) is 6.96. The molecule has 0 aromatic heterocycles. The first-order chi connectivity index (χ1) is 18.1. The van der Waals surface area contributed by atoms with E-state index in [4.69, 9.17) is 4.74 Å². The van der Waals surface area contributed by atoms with Crippen LogP contribution in [0, 0.1) is 6.92 Å². The van der Waals surface area contributed by atoms with E-state index in [0.717, 1.165) is 11.1 Å². The number of nitrogens with one attached hydrogen (secondary N) is 1. The smallest absolute Gasteiger partial charge is 0.497 e. The van der Waals surface area contributed by atoms with Crippen molar-refractivity contribution in [3.8, 4) is 11.5 Å². The van der Waals surface area contributed by atoms with E-state index in [9.17, 15) is 22.8 Å². The molecular formula is C28H28F3N3O4. The maximum absolute atomic E-state index is 13.4. The largest absolute Gasteiger partial charge is 0.573 e. The molecule has 10 heteroatoms. The molecule has 1 N–H and O–H groups in total. The van der Waals surface area contributed by atoms with Crippen LogP contribution < -0.4 is 19.7 Å². The molecule has 1 saturated heterocycles. The lowest BCUT2D eigenvalue weighted by Crippen LogP contribution is -2.49. The molecule has 0 spiro atoms. The first-order valence-corrected chi connectivity index (χ1v) is 12.1. The normalized spacial score (nSPS) is 13.9. The van der Waals surface area contributed by atoms with Crippen molar-refractivity contribution in [1.82, 2.24) is 4.90 Å². The van der Waals surface area contributed by atoms with Crippen molar-refractivity contribution in [2.24, 2.45) is 0 Å². The molecule has 0 aliphatic carbocycles. The Morgan fingerprint density at radius 3 is 2.26 bits per heavy atom. The van der Waals surface area contributed by atoms with Gasteiger partial charge in [-0.3, -0.25) is 9.69 Å². The average molecular weight is 528 g/mol. The van der Waals surface area contributed by atoms with E-state index >= 15 is 0 Å². The van der Waals surface area contributed by atoms with Crippen molar-refractivity contribution in [3.05, 3.63) is 83.4 Å². The minimum atomic E-state index is -4.76. The van der Waals surface area contributed by atoms with Gasteiger partial charge in [-0.25, -0.2) is 4.79 Å². The quantitative estimate of drug-likeness (QED) is 0.395. The van der Waals surface area contributed by atoms with E-state index in [1.165, 1.54) is 24.3 Å². The molecule has 3 aromatic rings. The highest BCUT2D eigenvalue weighted by Crippen LogP contribution is 2.31. The van der Waals surface area contributed by atoms with Crippen LogP contribution >= 0.6 is 0 Å². The Morgan fingerprint density at radius 2 is 1.61 bits per heavy atom. The Hall–Kier alpha value is -4.21. The number of halogens is 3. The van der Waals surface area contributed by atoms with E-state index in [1.54, 1.807) is 29.0 Å². The Balaban J connectivity index is 1.46. The van der Waals surface area contributed by atoms with Crippen molar-refractivity contribution >= 4 is 23.3 Å². The number of ether oxygens (including phenoxy) is 2. The lowest BCUT2D eigenvalue weighted by atomic mass is 10.1. The van der Waals surface area contributed by atoms with Gasteiger partial charge in [-0.05, 0) is 66.4 Å². The molecule has 0 saturated carbocycles. The highest BCUT2D eigenvalue weighted by molar-refractivity contribution is 6.01. The van der Waals surface area contributed by atoms with Gasteiger partial charge in [-0.15, -0.1) is 13.2 Å². The number of aryl methyl sites for hydroxylation is 1. The van der Waals surface area contributed by atoms with Gasteiger partial charge in [0.1, 0.15) is 11.5 Å². The number of hydrogen-bond acceptors (Lipinski definition) is 4. The molecule has 1 fully saturated rings. The van der Waals surface area contributed by atoms with Gasteiger partial charge in [0.05, 0.1) is 24.9 Å². The van der Waals surface area contributed by atoms with E-state index in [0.29, 0.717) is 42.2 Å². The third-order valence-corrected chi connectivity index (χ3v) is 6.08.